The monoisotopic (exact) mass is 465 g/mol. The number of piperazine rings is 1. The Morgan fingerprint density at radius 3 is 2.26 bits per heavy atom. The molecule has 2 aliphatic heterocycles. The van der Waals surface area contributed by atoms with Gasteiger partial charge in [0.05, 0.1) is 23.1 Å². The summed E-state index contributed by atoms with van der Waals surface area (Å²) < 4.78 is 18.2. The Bertz CT molecular complexity index is 988. The van der Waals surface area contributed by atoms with Crippen LogP contribution in [0, 0.1) is 0 Å². The zero-order valence-electron chi connectivity index (χ0n) is 21.2. The molecule has 2 aliphatic rings. The molecule has 4 rings (SSSR count). The Kier molecular flexibility index (Phi) is 6.92. The predicted octanol–water partition coefficient (Wildman–Crippen LogP) is 3.96. The molecule has 0 N–H and O–H groups in total. The Balaban J connectivity index is 1.42. The molecule has 0 radical (unpaired) electrons. The fraction of sp³-hybridized carbons (Fsp3) is 0.538. The number of hydrogen-bond donors (Lipinski definition) is 0. The Labute approximate surface area is 203 Å². The van der Waals surface area contributed by atoms with Crippen molar-refractivity contribution in [1.29, 1.82) is 0 Å². The maximum Gasteiger partial charge on any atom is 0.496 e. The molecule has 0 aliphatic carbocycles. The van der Waals surface area contributed by atoms with Crippen LogP contribution in [0.1, 0.15) is 58.7 Å². The minimum absolute atomic E-state index is 0.249. The summed E-state index contributed by atoms with van der Waals surface area (Å²) in [5.74, 6) is 0.249. The highest BCUT2D eigenvalue weighted by atomic mass is 16.7. The molecule has 2 aromatic rings. The number of pyridine rings is 1. The van der Waals surface area contributed by atoms with Gasteiger partial charge in [0, 0.05) is 37.3 Å². The van der Waals surface area contributed by atoms with Crippen LogP contribution in [0.4, 0.5) is 10.5 Å². The van der Waals surface area contributed by atoms with Gasteiger partial charge in [0.15, 0.2) is 0 Å². The van der Waals surface area contributed by atoms with Crippen molar-refractivity contribution >= 4 is 24.4 Å². The van der Waals surface area contributed by atoms with Crippen molar-refractivity contribution in [2.24, 2.45) is 0 Å². The lowest BCUT2D eigenvalue weighted by Crippen LogP contribution is -2.49. The zero-order valence-corrected chi connectivity index (χ0v) is 21.2. The third-order valence-corrected chi connectivity index (χ3v) is 7.10. The van der Waals surface area contributed by atoms with Crippen LogP contribution in [0.15, 0.2) is 42.6 Å². The molecule has 1 amide bonds. The quantitative estimate of drug-likeness (QED) is 0.623. The first-order valence-electron chi connectivity index (χ1n) is 12.1. The highest BCUT2D eigenvalue weighted by molar-refractivity contribution is 6.62. The summed E-state index contributed by atoms with van der Waals surface area (Å²) in [6.45, 7) is 15.5. The second-order valence-electron chi connectivity index (χ2n) is 10.4. The molecule has 0 spiro atoms. The molecule has 2 fully saturated rings. The molecule has 8 heteroatoms. The van der Waals surface area contributed by atoms with Gasteiger partial charge in [-0.1, -0.05) is 44.2 Å². The highest BCUT2D eigenvalue weighted by Crippen LogP contribution is 2.37. The van der Waals surface area contributed by atoms with E-state index in [1.807, 2.05) is 36.5 Å². The summed E-state index contributed by atoms with van der Waals surface area (Å²) in [7, 11) is -0.455. The van der Waals surface area contributed by atoms with Crippen molar-refractivity contribution in [3.8, 4) is 0 Å². The smallest absolute Gasteiger partial charge is 0.445 e. The average Bonchev–Trinajstić information content (AvgIpc) is 3.04. The molecule has 1 aromatic heterocycles. The molecular weight excluding hydrogens is 429 g/mol. The molecular formula is C26H36BN3O4. The molecule has 182 valence electrons. The summed E-state index contributed by atoms with van der Waals surface area (Å²) in [6, 6.07) is 11.9. The van der Waals surface area contributed by atoms with E-state index in [2.05, 4.69) is 52.5 Å². The summed E-state index contributed by atoms with van der Waals surface area (Å²) >= 11 is 0. The lowest BCUT2D eigenvalue weighted by molar-refractivity contribution is 0.00578. The van der Waals surface area contributed by atoms with Gasteiger partial charge in [-0.15, -0.1) is 0 Å². The van der Waals surface area contributed by atoms with E-state index in [4.69, 9.17) is 19.0 Å². The minimum Gasteiger partial charge on any atom is -0.445 e. The van der Waals surface area contributed by atoms with E-state index >= 15 is 0 Å². The molecule has 0 saturated carbocycles. The van der Waals surface area contributed by atoms with Gasteiger partial charge in [-0.05, 0) is 45.2 Å². The first-order chi connectivity index (χ1) is 16.1. The predicted molar refractivity (Wildman–Crippen MR) is 134 cm³/mol. The van der Waals surface area contributed by atoms with Crippen LogP contribution in [-0.2, 0) is 20.7 Å². The Morgan fingerprint density at radius 1 is 1.06 bits per heavy atom. The van der Waals surface area contributed by atoms with Crippen molar-refractivity contribution in [3.05, 3.63) is 53.9 Å². The first kappa shape index (κ1) is 24.5. The van der Waals surface area contributed by atoms with E-state index in [1.54, 1.807) is 4.90 Å². The minimum atomic E-state index is -0.455. The van der Waals surface area contributed by atoms with Gasteiger partial charge in [0.1, 0.15) is 6.61 Å². The summed E-state index contributed by atoms with van der Waals surface area (Å²) in [6.07, 6.45) is 1.66. The molecule has 7 nitrogen and oxygen atoms in total. The van der Waals surface area contributed by atoms with Crippen molar-refractivity contribution in [2.45, 2.75) is 65.3 Å². The summed E-state index contributed by atoms with van der Waals surface area (Å²) in [4.78, 5) is 21.4. The van der Waals surface area contributed by atoms with Crippen LogP contribution in [-0.4, -0.2) is 60.5 Å². The van der Waals surface area contributed by atoms with Crippen molar-refractivity contribution in [1.82, 2.24) is 9.88 Å². The second-order valence-corrected chi connectivity index (χ2v) is 10.4. The number of ether oxygens (including phenoxy) is 1. The standard InChI is InChI=1S/C26H36BN3O4/c1-19(2)23-22(27-33-25(3,4)26(5,6)34-27)16-21(17-28-23)29-12-14-30(15-13-29)24(31)32-18-20-10-8-7-9-11-20/h7-11,16-17,19H,12-15,18H2,1-6H3. The van der Waals surface area contributed by atoms with E-state index in [9.17, 15) is 4.79 Å². The van der Waals surface area contributed by atoms with E-state index in [0.29, 0.717) is 26.2 Å². The zero-order chi connectivity index (χ0) is 24.5. The number of nitrogens with zero attached hydrogens (tertiary/aromatic N) is 3. The number of carbonyl (C=O) groups is 1. The average molecular weight is 465 g/mol. The summed E-state index contributed by atoms with van der Waals surface area (Å²) in [5.41, 5.74) is 3.16. The van der Waals surface area contributed by atoms with Crippen LogP contribution < -0.4 is 10.4 Å². The van der Waals surface area contributed by atoms with Gasteiger partial charge in [-0.25, -0.2) is 4.79 Å². The Morgan fingerprint density at radius 2 is 1.68 bits per heavy atom. The van der Waals surface area contributed by atoms with E-state index in [1.165, 1.54) is 0 Å². The fourth-order valence-electron chi connectivity index (χ4n) is 4.25. The van der Waals surface area contributed by atoms with Gasteiger partial charge < -0.3 is 23.8 Å². The lowest BCUT2D eigenvalue weighted by Gasteiger charge is -2.35. The fourth-order valence-corrected chi connectivity index (χ4v) is 4.25. The van der Waals surface area contributed by atoms with Crippen LogP contribution in [0.25, 0.3) is 0 Å². The van der Waals surface area contributed by atoms with Gasteiger partial charge >= 0.3 is 13.2 Å². The summed E-state index contributed by atoms with van der Waals surface area (Å²) in [5, 5.41) is 0. The van der Waals surface area contributed by atoms with Gasteiger partial charge in [-0.2, -0.15) is 0 Å². The van der Waals surface area contributed by atoms with Crippen molar-refractivity contribution in [3.63, 3.8) is 0 Å². The van der Waals surface area contributed by atoms with Crippen molar-refractivity contribution in [2.75, 3.05) is 31.1 Å². The molecule has 1 aromatic carbocycles. The van der Waals surface area contributed by atoms with Crippen LogP contribution in [0.2, 0.25) is 0 Å². The van der Waals surface area contributed by atoms with Crippen LogP contribution >= 0.6 is 0 Å². The molecule has 0 atom stereocenters. The topological polar surface area (TPSA) is 64.1 Å². The molecule has 2 saturated heterocycles. The van der Waals surface area contributed by atoms with Crippen molar-refractivity contribution < 1.29 is 18.8 Å². The number of anilines is 1. The number of amides is 1. The third-order valence-electron chi connectivity index (χ3n) is 7.10. The first-order valence-corrected chi connectivity index (χ1v) is 12.1. The SMILES string of the molecule is CC(C)c1ncc(N2CCN(C(=O)OCc3ccccc3)CC2)cc1B1OC(C)(C)C(C)(C)O1. The third kappa shape index (κ3) is 5.08. The number of rotatable bonds is 5. The number of carbonyl (C=O) groups excluding carboxylic acids is 1. The maximum atomic E-state index is 12.5. The van der Waals surface area contributed by atoms with E-state index < -0.39 is 18.3 Å². The molecule has 34 heavy (non-hydrogen) atoms. The molecule has 0 bridgehead atoms. The van der Waals surface area contributed by atoms with E-state index in [-0.39, 0.29) is 18.6 Å². The second kappa shape index (κ2) is 9.58. The maximum absolute atomic E-state index is 12.5. The Hall–Kier alpha value is -2.58. The van der Waals surface area contributed by atoms with Crippen LogP contribution in [0.5, 0.6) is 0 Å². The highest BCUT2D eigenvalue weighted by Gasteiger charge is 2.52. The normalized spacial score (nSPS) is 19.6. The number of aromatic nitrogens is 1. The molecule has 0 unspecified atom stereocenters. The van der Waals surface area contributed by atoms with Crippen LogP contribution in [0.3, 0.4) is 0 Å². The number of hydrogen-bond acceptors (Lipinski definition) is 6. The van der Waals surface area contributed by atoms with Gasteiger partial charge in [0.25, 0.3) is 0 Å². The largest absolute Gasteiger partial charge is 0.496 e. The van der Waals surface area contributed by atoms with Gasteiger partial charge in [-0.3, -0.25) is 4.98 Å². The van der Waals surface area contributed by atoms with E-state index in [0.717, 1.165) is 22.4 Å². The lowest BCUT2D eigenvalue weighted by atomic mass is 9.75. The number of benzene rings is 1. The van der Waals surface area contributed by atoms with Gasteiger partial charge in [0.2, 0.25) is 0 Å². The molecule has 3 heterocycles.